The monoisotopic (exact) mass is 443 g/mol. The van der Waals surface area contributed by atoms with E-state index in [9.17, 15) is 9.18 Å². The Hall–Kier alpha value is -3.77. The lowest BCUT2D eigenvalue weighted by Crippen LogP contribution is -2.52. The van der Waals surface area contributed by atoms with Crippen molar-refractivity contribution in [2.24, 2.45) is 5.73 Å². The predicted octanol–water partition coefficient (Wildman–Crippen LogP) is 4.11. The first kappa shape index (κ1) is 22.4. The average Bonchev–Trinajstić information content (AvgIpc) is 3.34. The maximum Gasteiger partial charge on any atom is 0.328 e. The summed E-state index contributed by atoms with van der Waals surface area (Å²) in [7, 11) is 1.20. The van der Waals surface area contributed by atoms with Gasteiger partial charge in [0.1, 0.15) is 17.8 Å². The summed E-state index contributed by atoms with van der Waals surface area (Å²) in [4.78, 5) is 16.6. The van der Waals surface area contributed by atoms with Gasteiger partial charge < -0.3 is 15.0 Å². The molecule has 0 amide bonds. The number of nitrogens with zero attached hydrogens (tertiary/aromatic N) is 2. The molecule has 0 bridgehead atoms. The molecule has 1 heterocycles. The first-order valence-corrected chi connectivity index (χ1v) is 10.7. The van der Waals surface area contributed by atoms with Gasteiger partial charge in [-0.15, -0.1) is 0 Å². The molecule has 1 atom stereocenters. The number of nitrogens with two attached hydrogens (primary N) is 1. The Bertz CT molecular complexity index is 1100. The van der Waals surface area contributed by atoms with Gasteiger partial charge in [-0.05, 0) is 16.7 Å². The standard InChI is InChI=1S/C27H26FN3O2/c1-33-25(32)26(29,19-28)17-24-18-31(20-30-24)27(21-11-5-2-6-12-21,22-13-7-3-8-14-22)23-15-9-4-10-16-23/h2-16,18,20H,17,19,29H2,1H3/t26-/m1/s1. The second kappa shape index (κ2) is 9.38. The van der Waals surface area contributed by atoms with Crippen LogP contribution in [0.3, 0.4) is 0 Å². The number of imidazole rings is 1. The van der Waals surface area contributed by atoms with Gasteiger partial charge in [0.25, 0.3) is 0 Å². The van der Waals surface area contributed by atoms with Crippen molar-refractivity contribution in [3.05, 3.63) is 126 Å². The highest BCUT2D eigenvalue weighted by atomic mass is 19.1. The second-order valence-electron chi connectivity index (χ2n) is 8.04. The maximum atomic E-state index is 13.7. The topological polar surface area (TPSA) is 70.1 Å². The molecule has 33 heavy (non-hydrogen) atoms. The van der Waals surface area contributed by atoms with Crippen LogP contribution in [0.5, 0.6) is 0 Å². The van der Waals surface area contributed by atoms with Crippen molar-refractivity contribution >= 4 is 5.97 Å². The molecular weight excluding hydrogens is 417 g/mol. The molecule has 0 unspecified atom stereocenters. The van der Waals surface area contributed by atoms with Crippen molar-refractivity contribution in [1.82, 2.24) is 9.55 Å². The summed E-state index contributed by atoms with van der Waals surface area (Å²) in [5.41, 5.74) is 7.09. The van der Waals surface area contributed by atoms with E-state index in [1.807, 2.05) is 65.4 Å². The van der Waals surface area contributed by atoms with Gasteiger partial charge in [0.2, 0.25) is 0 Å². The number of ether oxygens (including phenoxy) is 1. The van der Waals surface area contributed by atoms with Crippen molar-refractivity contribution in [1.29, 1.82) is 0 Å². The molecule has 1 aromatic heterocycles. The Kier molecular flexibility index (Phi) is 6.38. The number of carbonyl (C=O) groups excluding carboxylic acids is 1. The minimum absolute atomic E-state index is 0.0857. The van der Waals surface area contributed by atoms with E-state index in [4.69, 9.17) is 10.5 Å². The zero-order chi connectivity index (χ0) is 23.3. The van der Waals surface area contributed by atoms with Gasteiger partial charge in [-0.1, -0.05) is 91.0 Å². The number of carbonyl (C=O) groups is 1. The van der Waals surface area contributed by atoms with Crippen LogP contribution in [0.4, 0.5) is 4.39 Å². The van der Waals surface area contributed by atoms with Crippen LogP contribution in [0.1, 0.15) is 22.4 Å². The zero-order valence-corrected chi connectivity index (χ0v) is 18.4. The van der Waals surface area contributed by atoms with Gasteiger partial charge in [-0.25, -0.2) is 14.2 Å². The SMILES string of the molecule is COC(=O)[C@](N)(CF)Cc1cn(C(c2ccccc2)(c2ccccc2)c2ccccc2)cn1. The fourth-order valence-corrected chi connectivity index (χ4v) is 4.32. The van der Waals surface area contributed by atoms with E-state index >= 15 is 0 Å². The van der Waals surface area contributed by atoms with Crippen LogP contribution in [0, 0.1) is 0 Å². The number of rotatable bonds is 8. The fourth-order valence-electron chi connectivity index (χ4n) is 4.32. The number of hydrogen-bond donors (Lipinski definition) is 1. The third kappa shape index (κ3) is 4.05. The lowest BCUT2D eigenvalue weighted by Gasteiger charge is -2.37. The summed E-state index contributed by atoms with van der Waals surface area (Å²) in [6.45, 7) is -1.05. The molecule has 6 heteroatoms. The molecule has 2 N–H and O–H groups in total. The summed E-state index contributed by atoms with van der Waals surface area (Å²) >= 11 is 0. The van der Waals surface area contributed by atoms with Crippen LogP contribution in [-0.2, 0) is 21.5 Å². The average molecular weight is 444 g/mol. The van der Waals surface area contributed by atoms with Crippen molar-refractivity contribution in [3.63, 3.8) is 0 Å². The van der Waals surface area contributed by atoms with Crippen molar-refractivity contribution in [2.75, 3.05) is 13.8 Å². The molecule has 0 aliphatic heterocycles. The first-order chi connectivity index (χ1) is 16.0. The Morgan fingerprint density at radius 1 is 0.909 bits per heavy atom. The Balaban J connectivity index is 1.93. The molecule has 0 saturated carbocycles. The molecule has 4 aromatic rings. The number of aromatic nitrogens is 2. The van der Waals surface area contributed by atoms with Crippen molar-refractivity contribution in [3.8, 4) is 0 Å². The predicted molar refractivity (Wildman–Crippen MR) is 125 cm³/mol. The lowest BCUT2D eigenvalue weighted by molar-refractivity contribution is -0.147. The van der Waals surface area contributed by atoms with Gasteiger partial charge >= 0.3 is 5.97 Å². The largest absolute Gasteiger partial charge is 0.468 e. The number of methoxy groups -OCH3 is 1. The van der Waals surface area contributed by atoms with E-state index < -0.39 is 23.7 Å². The summed E-state index contributed by atoms with van der Waals surface area (Å²) in [5.74, 6) is -0.806. The van der Waals surface area contributed by atoms with Gasteiger partial charge in [0.15, 0.2) is 0 Å². The molecule has 0 aliphatic rings. The summed E-state index contributed by atoms with van der Waals surface area (Å²) in [6, 6.07) is 30.4. The zero-order valence-electron chi connectivity index (χ0n) is 18.4. The lowest BCUT2D eigenvalue weighted by atomic mass is 9.76. The fraction of sp³-hybridized carbons (Fsp3) is 0.185. The second-order valence-corrected chi connectivity index (χ2v) is 8.04. The number of esters is 1. The smallest absolute Gasteiger partial charge is 0.328 e. The molecule has 0 fully saturated rings. The highest BCUT2D eigenvalue weighted by molar-refractivity contribution is 5.81. The third-order valence-electron chi connectivity index (χ3n) is 5.93. The van der Waals surface area contributed by atoms with Crippen LogP contribution in [-0.4, -0.2) is 34.8 Å². The third-order valence-corrected chi connectivity index (χ3v) is 5.93. The molecule has 4 rings (SSSR count). The Morgan fingerprint density at radius 3 is 1.76 bits per heavy atom. The summed E-state index contributed by atoms with van der Waals surface area (Å²) < 4.78 is 20.5. The van der Waals surface area contributed by atoms with Gasteiger partial charge in [0.05, 0.1) is 19.1 Å². The first-order valence-electron chi connectivity index (χ1n) is 10.7. The van der Waals surface area contributed by atoms with Crippen LogP contribution in [0.15, 0.2) is 104 Å². The van der Waals surface area contributed by atoms with Crippen LogP contribution < -0.4 is 5.73 Å². The minimum Gasteiger partial charge on any atom is -0.468 e. The van der Waals surface area contributed by atoms with Crippen molar-refractivity contribution in [2.45, 2.75) is 17.5 Å². The highest BCUT2D eigenvalue weighted by Crippen LogP contribution is 2.40. The van der Waals surface area contributed by atoms with Gasteiger partial charge in [-0.3, -0.25) is 0 Å². The molecule has 3 aromatic carbocycles. The maximum absolute atomic E-state index is 13.7. The van der Waals surface area contributed by atoms with E-state index in [0.717, 1.165) is 16.7 Å². The minimum atomic E-state index is -1.79. The Labute approximate surface area is 192 Å². The van der Waals surface area contributed by atoms with E-state index in [-0.39, 0.29) is 6.42 Å². The van der Waals surface area contributed by atoms with Gasteiger partial charge in [0, 0.05) is 12.6 Å². The quantitative estimate of drug-likeness (QED) is 0.329. The van der Waals surface area contributed by atoms with Crippen LogP contribution in [0.25, 0.3) is 0 Å². The molecular formula is C27H26FN3O2. The van der Waals surface area contributed by atoms with Crippen molar-refractivity contribution < 1.29 is 13.9 Å². The van der Waals surface area contributed by atoms with E-state index in [2.05, 4.69) is 41.4 Å². The molecule has 0 saturated heterocycles. The van der Waals surface area contributed by atoms with E-state index in [1.165, 1.54) is 7.11 Å². The molecule has 0 spiro atoms. The summed E-state index contributed by atoms with van der Waals surface area (Å²) in [6.07, 6.45) is 3.45. The Morgan fingerprint density at radius 2 is 1.36 bits per heavy atom. The number of halogens is 1. The van der Waals surface area contributed by atoms with E-state index in [1.54, 1.807) is 6.33 Å². The van der Waals surface area contributed by atoms with Crippen LogP contribution >= 0.6 is 0 Å². The van der Waals surface area contributed by atoms with E-state index in [0.29, 0.717) is 5.69 Å². The summed E-state index contributed by atoms with van der Waals surface area (Å²) in [5, 5.41) is 0. The number of hydrogen-bond acceptors (Lipinski definition) is 4. The molecule has 168 valence electrons. The number of benzene rings is 3. The molecule has 0 radical (unpaired) electrons. The number of alkyl halides is 1. The highest BCUT2D eigenvalue weighted by Gasteiger charge is 2.40. The molecule has 0 aliphatic carbocycles. The van der Waals surface area contributed by atoms with Gasteiger partial charge in [-0.2, -0.15) is 0 Å². The molecule has 5 nitrogen and oxygen atoms in total. The normalized spacial score (nSPS) is 13.3. The van der Waals surface area contributed by atoms with Crippen LogP contribution in [0.2, 0.25) is 0 Å².